The monoisotopic (exact) mass is 249 g/mol. The number of nitrogens with two attached hydrogens (primary N) is 1. The second-order valence-electron chi connectivity index (χ2n) is 3.36. The van der Waals surface area contributed by atoms with Gasteiger partial charge in [0.1, 0.15) is 0 Å². The smallest absolute Gasteiger partial charge is 0.251 e. The van der Waals surface area contributed by atoms with Crippen molar-refractivity contribution >= 4 is 18.1 Å². The lowest BCUT2D eigenvalue weighted by Crippen LogP contribution is -2.26. The van der Waals surface area contributed by atoms with E-state index in [4.69, 9.17) is 18.1 Å². The molecule has 0 unspecified atom stereocenters. The van der Waals surface area contributed by atoms with Crippen molar-refractivity contribution in [2.75, 3.05) is 5.84 Å². The summed E-state index contributed by atoms with van der Waals surface area (Å²) in [5.74, 6) is 5.89. The molecule has 2 rings (SSSR count). The normalized spacial score (nSPS) is 10.1. The number of carbonyl (C=O) groups is 1. The Bertz CT molecular complexity index is 574. The summed E-state index contributed by atoms with van der Waals surface area (Å²) in [7, 11) is 0. The van der Waals surface area contributed by atoms with Crippen LogP contribution in [-0.4, -0.2) is 20.8 Å². The third-order valence-corrected chi connectivity index (χ3v) is 2.51. The summed E-state index contributed by atoms with van der Waals surface area (Å²) >= 11 is 4.85. The molecule has 0 aliphatic heterocycles. The number of nitrogen functional groups attached to an aromatic ring is 1. The van der Waals surface area contributed by atoms with Gasteiger partial charge in [-0.1, -0.05) is 18.2 Å². The van der Waals surface area contributed by atoms with Crippen LogP contribution in [0.4, 0.5) is 0 Å². The maximum atomic E-state index is 11.7. The topological polar surface area (TPSA) is 88.7 Å². The number of benzene rings is 1. The van der Waals surface area contributed by atoms with Crippen LogP contribution in [0.15, 0.2) is 30.3 Å². The first-order valence-corrected chi connectivity index (χ1v) is 5.34. The SMILES string of the molecule is Nn1c(CNC(=O)c2ccccc2)n[nH]c1=S. The van der Waals surface area contributed by atoms with Crippen LogP contribution >= 0.6 is 12.2 Å². The van der Waals surface area contributed by atoms with Crippen LogP contribution in [0.2, 0.25) is 0 Å². The summed E-state index contributed by atoms with van der Waals surface area (Å²) in [5.41, 5.74) is 0.588. The zero-order chi connectivity index (χ0) is 12.3. The van der Waals surface area contributed by atoms with E-state index < -0.39 is 0 Å². The van der Waals surface area contributed by atoms with E-state index in [9.17, 15) is 4.79 Å². The highest BCUT2D eigenvalue weighted by Gasteiger charge is 2.07. The number of aromatic nitrogens is 3. The lowest BCUT2D eigenvalue weighted by atomic mass is 10.2. The van der Waals surface area contributed by atoms with Gasteiger partial charge in [-0.25, -0.2) is 4.68 Å². The number of carbonyl (C=O) groups excluding carboxylic acids is 1. The van der Waals surface area contributed by atoms with Crippen molar-refractivity contribution in [3.63, 3.8) is 0 Å². The molecule has 0 radical (unpaired) electrons. The van der Waals surface area contributed by atoms with Gasteiger partial charge in [0.15, 0.2) is 5.82 Å². The number of nitrogens with one attached hydrogen (secondary N) is 2. The second kappa shape index (κ2) is 4.79. The predicted molar refractivity (Wildman–Crippen MR) is 65.2 cm³/mol. The molecular formula is C10H11N5OS. The Kier molecular flexibility index (Phi) is 3.20. The molecular weight excluding hydrogens is 238 g/mol. The summed E-state index contributed by atoms with van der Waals surface area (Å²) in [6.07, 6.45) is 0. The number of nitrogens with zero attached hydrogens (tertiary/aromatic N) is 2. The molecule has 1 heterocycles. The van der Waals surface area contributed by atoms with Gasteiger partial charge in [-0.2, -0.15) is 5.10 Å². The Labute approximate surface area is 102 Å². The minimum absolute atomic E-state index is 0.181. The van der Waals surface area contributed by atoms with E-state index in [1.54, 1.807) is 24.3 Å². The highest BCUT2D eigenvalue weighted by atomic mass is 32.1. The number of hydrogen-bond acceptors (Lipinski definition) is 4. The lowest BCUT2D eigenvalue weighted by Gasteiger charge is -2.04. The van der Waals surface area contributed by atoms with Crippen LogP contribution < -0.4 is 11.2 Å². The van der Waals surface area contributed by atoms with E-state index in [0.717, 1.165) is 0 Å². The molecule has 4 N–H and O–H groups in total. The van der Waals surface area contributed by atoms with Gasteiger partial charge >= 0.3 is 0 Å². The molecule has 0 fully saturated rings. The minimum Gasteiger partial charge on any atom is -0.345 e. The maximum Gasteiger partial charge on any atom is 0.251 e. The summed E-state index contributed by atoms with van der Waals surface area (Å²) in [6.45, 7) is 0.220. The van der Waals surface area contributed by atoms with Crippen LogP contribution in [0, 0.1) is 4.77 Å². The number of aromatic amines is 1. The second-order valence-corrected chi connectivity index (χ2v) is 3.75. The average Bonchev–Trinajstić information content (AvgIpc) is 2.68. The Morgan fingerprint density at radius 3 is 2.76 bits per heavy atom. The molecule has 2 aromatic rings. The zero-order valence-electron chi connectivity index (χ0n) is 8.88. The van der Waals surface area contributed by atoms with Crippen LogP contribution in [0.5, 0.6) is 0 Å². The molecule has 0 bridgehead atoms. The first-order valence-electron chi connectivity index (χ1n) is 4.93. The molecule has 88 valence electrons. The fourth-order valence-electron chi connectivity index (χ4n) is 1.31. The summed E-state index contributed by atoms with van der Waals surface area (Å²) < 4.78 is 1.54. The highest BCUT2D eigenvalue weighted by Crippen LogP contribution is 1.99. The van der Waals surface area contributed by atoms with Crippen molar-refractivity contribution in [3.05, 3.63) is 46.5 Å². The van der Waals surface area contributed by atoms with Crippen molar-refractivity contribution in [1.29, 1.82) is 0 Å². The van der Waals surface area contributed by atoms with Crippen LogP contribution in [-0.2, 0) is 6.54 Å². The van der Waals surface area contributed by atoms with E-state index in [1.165, 1.54) is 4.68 Å². The first kappa shape index (κ1) is 11.3. The molecule has 1 aromatic carbocycles. The quantitative estimate of drug-likeness (QED) is 0.548. The van der Waals surface area contributed by atoms with E-state index in [0.29, 0.717) is 16.2 Å². The number of rotatable bonds is 3. The average molecular weight is 249 g/mol. The Morgan fingerprint density at radius 2 is 2.18 bits per heavy atom. The van der Waals surface area contributed by atoms with Gasteiger partial charge in [-0.3, -0.25) is 9.89 Å². The van der Waals surface area contributed by atoms with Crippen LogP contribution in [0.1, 0.15) is 16.2 Å². The number of amides is 1. The van der Waals surface area contributed by atoms with Gasteiger partial charge in [0.05, 0.1) is 6.54 Å². The molecule has 0 atom stereocenters. The molecule has 6 nitrogen and oxygen atoms in total. The Morgan fingerprint density at radius 1 is 1.47 bits per heavy atom. The standard InChI is InChI=1S/C10H11N5OS/c11-15-8(13-14-10(15)17)6-12-9(16)7-4-2-1-3-5-7/h1-5H,6,11H2,(H,12,16)(H,14,17). The largest absolute Gasteiger partial charge is 0.345 e. The zero-order valence-corrected chi connectivity index (χ0v) is 9.70. The maximum absolute atomic E-state index is 11.7. The van der Waals surface area contributed by atoms with Crippen molar-refractivity contribution in [3.8, 4) is 0 Å². The molecule has 0 spiro atoms. The lowest BCUT2D eigenvalue weighted by molar-refractivity contribution is 0.0949. The third kappa shape index (κ3) is 2.51. The van der Waals surface area contributed by atoms with E-state index >= 15 is 0 Å². The van der Waals surface area contributed by atoms with Gasteiger partial charge in [0.25, 0.3) is 5.91 Å². The molecule has 1 amide bonds. The molecule has 1 aromatic heterocycles. The highest BCUT2D eigenvalue weighted by molar-refractivity contribution is 7.71. The fraction of sp³-hybridized carbons (Fsp3) is 0.100. The fourth-order valence-corrected chi connectivity index (χ4v) is 1.46. The molecule has 0 saturated carbocycles. The van der Waals surface area contributed by atoms with E-state index in [1.807, 2.05) is 6.07 Å². The van der Waals surface area contributed by atoms with Crippen molar-refractivity contribution in [1.82, 2.24) is 20.2 Å². The van der Waals surface area contributed by atoms with E-state index in [-0.39, 0.29) is 12.5 Å². The van der Waals surface area contributed by atoms with Crippen LogP contribution in [0.3, 0.4) is 0 Å². The van der Waals surface area contributed by atoms with Gasteiger partial charge in [-0.05, 0) is 24.4 Å². The Hall–Kier alpha value is -2.15. The van der Waals surface area contributed by atoms with Gasteiger partial charge in [0, 0.05) is 5.56 Å². The molecule has 7 heteroatoms. The van der Waals surface area contributed by atoms with Gasteiger partial charge in [0.2, 0.25) is 4.77 Å². The molecule has 17 heavy (non-hydrogen) atoms. The minimum atomic E-state index is -0.181. The summed E-state index contributed by atoms with van der Waals surface area (Å²) in [5, 5.41) is 9.13. The van der Waals surface area contributed by atoms with Crippen LogP contribution in [0.25, 0.3) is 0 Å². The van der Waals surface area contributed by atoms with Crippen molar-refractivity contribution in [2.45, 2.75) is 6.54 Å². The third-order valence-electron chi connectivity index (χ3n) is 2.22. The van der Waals surface area contributed by atoms with Crippen molar-refractivity contribution < 1.29 is 4.79 Å². The number of hydrogen-bond donors (Lipinski definition) is 3. The Balaban J connectivity index is 2.02. The molecule has 0 aliphatic rings. The molecule has 0 saturated heterocycles. The van der Waals surface area contributed by atoms with Crippen molar-refractivity contribution in [2.24, 2.45) is 0 Å². The van der Waals surface area contributed by atoms with Gasteiger partial charge < -0.3 is 11.2 Å². The summed E-state index contributed by atoms with van der Waals surface area (Å²) in [6, 6.07) is 8.91. The summed E-state index contributed by atoms with van der Waals surface area (Å²) in [4.78, 5) is 11.7. The number of H-pyrrole nitrogens is 1. The van der Waals surface area contributed by atoms with Gasteiger partial charge in [-0.15, -0.1) is 0 Å². The van der Waals surface area contributed by atoms with E-state index in [2.05, 4.69) is 15.5 Å². The molecule has 0 aliphatic carbocycles. The predicted octanol–water partition coefficient (Wildman–Crippen LogP) is 0.584. The first-order chi connectivity index (χ1) is 8.18.